The van der Waals surface area contributed by atoms with Crippen molar-refractivity contribution in [2.45, 2.75) is 51.6 Å². The van der Waals surface area contributed by atoms with E-state index in [4.69, 9.17) is 15.0 Å². The molecule has 0 atom stereocenters. The Hall–Kier alpha value is -1.47. The zero-order chi connectivity index (χ0) is 14.9. The predicted molar refractivity (Wildman–Crippen MR) is 80.9 cm³/mol. The summed E-state index contributed by atoms with van der Waals surface area (Å²) < 4.78 is 15.7. The molecule has 2 aromatic heterocycles. The lowest BCUT2D eigenvalue weighted by atomic mass is 9.84. The molecule has 0 radical (unpaired) electrons. The van der Waals surface area contributed by atoms with Gasteiger partial charge in [-0.2, -0.15) is 9.36 Å². The molecule has 2 heterocycles. The van der Waals surface area contributed by atoms with Crippen molar-refractivity contribution in [2.75, 3.05) is 12.3 Å². The number of hydrogen-bond acceptors (Lipinski definition) is 7. The third-order valence-corrected chi connectivity index (χ3v) is 4.78. The fourth-order valence-electron chi connectivity index (χ4n) is 2.99. The third-order valence-electron chi connectivity index (χ3n) is 4.02. The Bertz CT molecular complexity index is 591. The number of aromatic nitrogens is 3. The van der Waals surface area contributed by atoms with E-state index in [-0.39, 0.29) is 0 Å². The maximum atomic E-state index is 6.02. The number of anilines is 1. The average molecular weight is 308 g/mol. The molecule has 2 aromatic rings. The van der Waals surface area contributed by atoms with Crippen LogP contribution in [-0.2, 0) is 10.3 Å². The molecule has 0 spiro atoms. The lowest BCUT2D eigenvalue weighted by Gasteiger charge is -2.33. The predicted octanol–water partition coefficient (Wildman–Crippen LogP) is 3.28. The SMILES string of the molecule is CCOC1(c2noc(-c3c(C)nsc3N)n2)CCCCC1. The molecule has 0 saturated heterocycles. The maximum Gasteiger partial charge on any atom is 0.262 e. The summed E-state index contributed by atoms with van der Waals surface area (Å²) in [7, 11) is 0. The highest BCUT2D eigenvalue weighted by atomic mass is 32.1. The highest BCUT2D eigenvalue weighted by Crippen LogP contribution is 2.40. The first-order valence-electron chi connectivity index (χ1n) is 7.36. The molecule has 1 fully saturated rings. The Balaban J connectivity index is 1.96. The standard InChI is InChI=1S/C14H20N4O2S/c1-3-19-14(7-5-4-6-8-14)13-16-12(20-17-13)10-9(2)18-21-11(10)15/h3-8,15H2,1-2H3. The first-order valence-corrected chi connectivity index (χ1v) is 8.14. The van der Waals surface area contributed by atoms with Gasteiger partial charge in [-0.25, -0.2) is 0 Å². The smallest absolute Gasteiger partial charge is 0.262 e. The summed E-state index contributed by atoms with van der Waals surface area (Å²) in [6.45, 7) is 4.54. The van der Waals surface area contributed by atoms with Crippen LogP contribution in [0.3, 0.4) is 0 Å². The largest absolute Gasteiger partial charge is 0.389 e. The molecule has 6 nitrogen and oxygen atoms in total. The first-order chi connectivity index (χ1) is 10.2. The van der Waals surface area contributed by atoms with E-state index in [0.717, 1.165) is 36.9 Å². The molecule has 3 rings (SSSR count). The monoisotopic (exact) mass is 308 g/mol. The number of aryl methyl sites for hydroxylation is 1. The number of hydrogen-bond donors (Lipinski definition) is 1. The highest BCUT2D eigenvalue weighted by Gasteiger charge is 2.39. The van der Waals surface area contributed by atoms with Crippen molar-refractivity contribution >= 4 is 16.5 Å². The van der Waals surface area contributed by atoms with Crippen LogP contribution in [0.15, 0.2) is 4.52 Å². The molecule has 0 unspecified atom stereocenters. The summed E-state index contributed by atoms with van der Waals surface area (Å²) in [6, 6.07) is 0. The molecule has 21 heavy (non-hydrogen) atoms. The summed E-state index contributed by atoms with van der Waals surface area (Å²) in [5.41, 5.74) is 7.12. The van der Waals surface area contributed by atoms with Crippen LogP contribution < -0.4 is 5.73 Å². The zero-order valence-corrected chi connectivity index (χ0v) is 13.2. The van der Waals surface area contributed by atoms with E-state index in [1.807, 2.05) is 13.8 Å². The van der Waals surface area contributed by atoms with Gasteiger partial charge in [0.2, 0.25) is 5.82 Å². The Morgan fingerprint density at radius 3 is 2.71 bits per heavy atom. The molecule has 0 aliphatic heterocycles. The van der Waals surface area contributed by atoms with Crippen molar-refractivity contribution < 1.29 is 9.26 Å². The second-order valence-electron chi connectivity index (χ2n) is 5.42. The molecule has 0 aromatic carbocycles. The van der Waals surface area contributed by atoms with Crippen LogP contribution in [-0.4, -0.2) is 21.1 Å². The second-order valence-corrected chi connectivity index (χ2v) is 6.22. The van der Waals surface area contributed by atoms with Gasteiger partial charge in [-0.15, -0.1) is 0 Å². The van der Waals surface area contributed by atoms with Crippen molar-refractivity contribution in [1.82, 2.24) is 14.5 Å². The third kappa shape index (κ3) is 2.55. The van der Waals surface area contributed by atoms with Gasteiger partial charge >= 0.3 is 0 Å². The van der Waals surface area contributed by atoms with Crippen LogP contribution in [0.4, 0.5) is 5.00 Å². The van der Waals surface area contributed by atoms with Gasteiger partial charge in [0, 0.05) is 6.61 Å². The number of rotatable bonds is 4. The van der Waals surface area contributed by atoms with Gasteiger partial charge in [-0.05, 0) is 38.2 Å². The van der Waals surface area contributed by atoms with Crippen molar-refractivity contribution in [3.63, 3.8) is 0 Å². The van der Waals surface area contributed by atoms with Gasteiger partial charge in [0.05, 0.1) is 11.3 Å². The van der Waals surface area contributed by atoms with Gasteiger partial charge in [-0.3, -0.25) is 0 Å². The van der Waals surface area contributed by atoms with Crippen LogP contribution in [0.25, 0.3) is 11.5 Å². The molecular weight excluding hydrogens is 288 g/mol. The van der Waals surface area contributed by atoms with Crippen molar-refractivity contribution in [1.29, 1.82) is 0 Å². The van der Waals surface area contributed by atoms with Crippen LogP contribution in [0, 0.1) is 6.92 Å². The van der Waals surface area contributed by atoms with Gasteiger partial charge in [0.15, 0.2) is 0 Å². The lowest BCUT2D eigenvalue weighted by molar-refractivity contribution is -0.0777. The van der Waals surface area contributed by atoms with Crippen LogP contribution in [0.1, 0.15) is 50.5 Å². The Morgan fingerprint density at radius 1 is 1.33 bits per heavy atom. The van der Waals surface area contributed by atoms with Crippen molar-refractivity contribution in [3.8, 4) is 11.5 Å². The fraction of sp³-hybridized carbons (Fsp3) is 0.643. The van der Waals surface area contributed by atoms with E-state index >= 15 is 0 Å². The van der Waals surface area contributed by atoms with E-state index in [1.165, 1.54) is 18.0 Å². The maximum absolute atomic E-state index is 6.02. The molecule has 1 aliphatic carbocycles. The van der Waals surface area contributed by atoms with Crippen molar-refractivity contribution in [3.05, 3.63) is 11.5 Å². The number of nitrogens with zero attached hydrogens (tertiary/aromatic N) is 3. The number of nitrogen functional groups attached to an aromatic ring is 1. The lowest BCUT2D eigenvalue weighted by Crippen LogP contribution is -2.33. The summed E-state index contributed by atoms with van der Waals surface area (Å²) >= 11 is 1.25. The number of nitrogens with two attached hydrogens (primary N) is 1. The summed E-state index contributed by atoms with van der Waals surface area (Å²) in [5, 5.41) is 4.79. The van der Waals surface area contributed by atoms with E-state index in [9.17, 15) is 0 Å². The Labute approximate surface area is 127 Å². The van der Waals surface area contributed by atoms with Gasteiger partial charge < -0.3 is 15.0 Å². The van der Waals surface area contributed by atoms with Gasteiger partial charge in [0.1, 0.15) is 10.6 Å². The quantitative estimate of drug-likeness (QED) is 0.932. The van der Waals surface area contributed by atoms with E-state index in [1.54, 1.807) is 0 Å². The van der Waals surface area contributed by atoms with Crippen LogP contribution in [0.5, 0.6) is 0 Å². The molecule has 7 heteroatoms. The first kappa shape index (κ1) is 14.5. The normalized spacial score (nSPS) is 18.0. The molecule has 0 bridgehead atoms. The molecule has 0 amide bonds. The fourth-order valence-corrected chi connectivity index (χ4v) is 3.64. The topological polar surface area (TPSA) is 87.1 Å². The minimum atomic E-state index is -0.402. The molecule has 114 valence electrons. The Kier molecular flexibility index (Phi) is 3.95. The molecule has 1 saturated carbocycles. The highest BCUT2D eigenvalue weighted by molar-refractivity contribution is 7.10. The van der Waals surface area contributed by atoms with Crippen molar-refractivity contribution in [2.24, 2.45) is 0 Å². The average Bonchev–Trinajstić information content (AvgIpc) is 3.08. The van der Waals surface area contributed by atoms with Gasteiger partial charge in [0.25, 0.3) is 5.89 Å². The summed E-state index contributed by atoms with van der Waals surface area (Å²) in [6.07, 6.45) is 5.38. The Morgan fingerprint density at radius 2 is 2.10 bits per heavy atom. The minimum Gasteiger partial charge on any atom is -0.389 e. The van der Waals surface area contributed by atoms with E-state index < -0.39 is 5.60 Å². The van der Waals surface area contributed by atoms with E-state index in [2.05, 4.69) is 14.5 Å². The minimum absolute atomic E-state index is 0.402. The number of ether oxygens (including phenoxy) is 1. The molecule has 2 N–H and O–H groups in total. The summed E-state index contributed by atoms with van der Waals surface area (Å²) in [4.78, 5) is 4.57. The summed E-state index contributed by atoms with van der Waals surface area (Å²) in [5.74, 6) is 1.09. The molecule has 1 aliphatic rings. The van der Waals surface area contributed by atoms with Crippen LogP contribution in [0.2, 0.25) is 0 Å². The zero-order valence-electron chi connectivity index (χ0n) is 12.4. The van der Waals surface area contributed by atoms with Crippen LogP contribution >= 0.6 is 11.5 Å². The second kappa shape index (κ2) is 5.73. The van der Waals surface area contributed by atoms with Gasteiger partial charge in [-0.1, -0.05) is 24.4 Å². The molecular formula is C14H20N4O2S. The van der Waals surface area contributed by atoms with E-state index in [0.29, 0.717) is 23.3 Å².